The highest BCUT2D eigenvalue weighted by atomic mass is 35.5. The smallest absolute Gasteiger partial charge is 0.245 e. The van der Waals surface area contributed by atoms with Crippen molar-refractivity contribution < 1.29 is 43.4 Å². The first-order valence-corrected chi connectivity index (χ1v) is 7.91. The third kappa shape index (κ3) is 9.27. The number of imidazole rings is 2. The first kappa shape index (κ1) is 22.9. The van der Waals surface area contributed by atoms with E-state index in [4.69, 9.17) is 9.47 Å². The number of aryl methyl sites for hydroxylation is 2. The average molecular weight is 379 g/mol. The summed E-state index contributed by atoms with van der Waals surface area (Å²) in [5.74, 6) is 0. The van der Waals surface area contributed by atoms with E-state index in [1.807, 2.05) is 69.8 Å². The fourth-order valence-corrected chi connectivity index (χ4v) is 2.26. The highest BCUT2D eigenvalue weighted by Gasteiger charge is 2.00. The molecule has 2 rings (SSSR count). The molecule has 0 spiro atoms. The van der Waals surface area contributed by atoms with Gasteiger partial charge in [0.05, 0.1) is 27.3 Å². The minimum Gasteiger partial charge on any atom is -1.00 e. The lowest BCUT2D eigenvalue weighted by atomic mass is 10.2. The minimum absolute atomic E-state index is 0. The van der Waals surface area contributed by atoms with Gasteiger partial charge in [-0.25, -0.2) is 18.3 Å². The quantitative estimate of drug-likeness (QED) is 0.290. The van der Waals surface area contributed by atoms with Gasteiger partial charge in [-0.3, -0.25) is 0 Å². The molecule has 0 radical (unpaired) electrons. The number of halogens is 2. The summed E-state index contributed by atoms with van der Waals surface area (Å²) in [7, 11) is 4.02. The van der Waals surface area contributed by atoms with Gasteiger partial charge in [0.25, 0.3) is 0 Å². The number of rotatable bonds is 11. The maximum absolute atomic E-state index is 5.63. The van der Waals surface area contributed by atoms with Gasteiger partial charge in [-0.15, -0.1) is 0 Å². The van der Waals surface area contributed by atoms with Gasteiger partial charge in [0.15, 0.2) is 13.5 Å². The lowest BCUT2D eigenvalue weighted by Crippen LogP contribution is -3.00. The summed E-state index contributed by atoms with van der Waals surface area (Å²) in [6.07, 6.45) is 16.7. The molecule has 0 saturated carbocycles. The van der Waals surface area contributed by atoms with E-state index in [-0.39, 0.29) is 24.8 Å². The monoisotopic (exact) mass is 378 g/mol. The van der Waals surface area contributed by atoms with E-state index in [0.717, 1.165) is 26.1 Å². The van der Waals surface area contributed by atoms with Crippen LogP contribution >= 0.6 is 0 Å². The third-order valence-electron chi connectivity index (χ3n) is 3.46. The van der Waals surface area contributed by atoms with Crippen LogP contribution in [0.2, 0.25) is 0 Å². The highest BCUT2D eigenvalue weighted by molar-refractivity contribution is 4.63. The lowest BCUT2D eigenvalue weighted by Gasteiger charge is -2.03. The minimum atomic E-state index is 0. The molecule has 0 saturated heterocycles. The Morgan fingerprint density at radius 2 is 1.12 bits per heavy atom. The molecular weight excluding hydrogens is 351 g/mol. The molecule has 2 aromatic heterocycles. The van der Waals surface area contributed by atoms with Crippen LogP contribution in [0.4, 0.5) is 0 Å². The molecule has 6 nitrogen and oxygen atoms in total. The summed E-state index contributed by atoms with van der Waals surface area (Å²) < 4.78 is 19.4. The van der Waals surface area contributed by atoms with E-state index in [2.05, 4.69) is 0 Å². The molecule has 0 bridgehead atoms. The second-order valence-corrected chi connectivity index (χ2v) is 5.68. The van der Waals surface area contributed by atoms with E-state index >= 15 is 0 Å². The van der Waals surface area contributed by atoms with Crippen LogP contribution in [0.1, 0.15) is 25.7 Å². The molecule has 0 fully saturated rings. The zero-order valence-corrected chi connectivity index (χ0v) is 16.0. The zero-order chi connectivity index (χ0) is 15.6. The fourth-order valence-electron chi connectivity index (χ4n) is 2.26. The summed E-state index contributed by atoms with van der Waals surface area (Å²) in [5.41, 5.74) is 0. The van der Waals surface area contributed by atoms with Crippen LogP contribution in [-0.2, 0) is 37.0 Å². The Balaban J connectivity index is 0.00000264. The summed E-state index contributed by atoms with van der Waals surface area (Å²) in [6, 6.07) is 0. The molecule has 0 N–H and O–H groups in total. The maximum Gasteiger partial charge on any atom is 0.245 e. The first-order valence-electron chi connectivity index (χ1n) is 7.91. The van der Waals surface area contributed by atoms with Gasteiger partial charge in [-0.1, -0.05) is 12.8 Å². The fraction of sp³-hybridized carbons (Fsp3) is 0.625. The summed E-state index contributed by atoms with van der Waals surface area (Å²) in [6.45, 7) is 2.92. The standard InChI is InChI=1S/C16H28N4O2.2ClH/c1-17-7-9-19(13-17)15-21-11-5-3-4-6-12-22-16-20-10-8-18(2)14-20;;/h7-10,13-14H,3-6,11-12,15-16H2,1-2H3;2*1H/q+2;;/p-2. The van der Waals surface area contributed by atoms with Crippen LogP contribution < -0.4 is 33.9 Å². The number of nitrogens with zero attached hydrogens (tertiary/aromatic N) is 4. The number of hydrogen-bond acceptors (Lipinski definition) is 2. The molecule has 2 heterocycles. The summed E-state index contributed by atoms with van der Waals surface area (Å²) in [4.78, 5) is 0. The van der Waals surface area contributed by atoms with E-state index in [1.54, 1.807) is 0 Å². The Hall–Kier alpha value is -1.08. The van der Waals surface area contributed by atoms with Gasteiger partial charge in [0, 0.05) is 0 Å². The number of hydrogen-bond donors (Lipinski definition) is 0. The van der Waals surface area contributed by atoms with Crippen LogP contribution in [-0.4, -0.2) is 22.3 Å². The van der Waals surface area contributed by atoms with Crippen molar-refractivity contribution in [2.75, 3.05) is 13.2 Å². The molecular formula is C16H28Cl2N4O2. The van der Waals surface area contributed by atoms with Crippen LogP contribution in [0.3, 0.4) is 0 Å². The van der Waals surface area contributed by atoms with E-state index in [0.29, 0.717) is 13.5 Å². The van der Waals surface area contributed by atoms with Crippen LogP contribution in [0.15, 0.2) is 37.4 Å². The van der Waals surface area contributed by atoms with Gasteiger partial charge in [0.1, 0.15) is 24.8 Å². The molecule has 0 aromatic carbocycles. The Morgan fingerprint density at radius 1 is 0.708 bits per heavy atom. The third-order valence-corrected chi connectivity index (χ3v) is 3.46. The van der Waals surface area contributed by atoms with Crippen molar-refractivity contribution in [2.24, 2.45) is 14.1 Å². The number of ether oxygens (including phenoxy) is 2. The van der Waals surface area contributed by atoms with E-state index < -0.39 is 0 Å². The Morgan fingerprint density at radius 3 is 1.46 bits per heavy atom. The largest absolute Gasteiger partial charge is 1.00 e. The van der Waals surface area contributed by atoms with Crippen molar-refractivity contribution >= 4 is 0 Å². The molecule has 8 heteroatoms. The topological polar surface area (TPSA) is 36.1 Å². The van der Waals surface area contributed by atoms with E-state index in [1.165, 1.54) is 12.8 Å². The molecule has 0 aliphatic heterocycles. The van der Waals surface area contributed by atoms with Gasteiger partial charge in [-0.2, -0.15) is 0 Å². The van der Waals surface area contributed by atoms with Crippen LogP contribution in [0.25, 0.3) is 0 Å². The second kappa shape index (κ2) is 13.2. The predicted molar refractivity (Wildman–Crippen MR) is 81.6 cm³/mol. The molecule has 24 heavy (non-hydrogen) atoms. The second-order valence-electron chi connectivity index (χ2n) is 5.68. The molecule has 138 valence electrons. The lowest BCUT2D eigenvalue weighted by molar-refractivity contribution is -0.671. The van der Waals surface area contributed by atoms with Gasteiger partial charge in [0.2, 0.25) is 12.7 Å². The van der Waals surface area contributed by atoms with Gasteiger partial charge < -0.3 is 34.3 Å². The van der Waals surface area contributed by atoms with Crippen molar-refractivity contribution in [3.63, 3.8) is 0 Å². The van der Waals surface area contributed by atoms with E-state index in [9.17, 15) is 0 Å². The maximum atomic E-state index is 5.63. The molecule has 0 aliphatic rings. The SMILES string of the molecule is C[n+]1ccn(COCCCCCCOCn2cc[n+](C)c2)c1.[Cl-].[Cl-]. The van der Waals surface area contributed by atoms with Gasteiger partial charge >= 0.3 is 0 Å². The first-order chi connectivity index (χ1) is 10.7. The molecule has 2 aromatic rings. The molecule has 0 unspecified atom stereocenters. The van der Waals surface area contributed by atoms with Crippen molar-refractivity contribution in [3.05, 3.63) is 37.4 Å². The molecule has 0 atom stereocenters. The average Bonchev–Trinajstić information content (AvgIpc) is 3.09. The van der Waals surface area contributed by atoms with Crippen molar-refractivity contribution in [3.8, 4) is 0 Å². The molecule has 0 aliphatic carbocycles. The van der Waals surface area contributed by atoms with Crippen molar-refractivity contribution in [2.45, 2.75) is 39.1 Å². The number of aromatic nitrogens is 4. The van der Waals surface area contributed by atoms with Crippen LogP contribution in [0, 0.1) is 0 Å². The zero-order valence-electron chi connectivity index (χ0n) is 14.5. The Bertz CT molecular complexity index is 497. The van der Waals surface area contributed by atoms with Gasteiger partial charge in [-0.05, 0) is 12.8 Å². The highest BCUT2D eigenvalue weighted by Crippen LogP contribution is 2.01. The normalized spacial score (nSPS) is 10.2. The summed E-state index contributed by atoms with van der Waals surface area (Å²) >= 11 is 0. The van der Waals surface area contributed by atoms with Crippen molar-refractivity contribution in [1.29, 1.82) is 0 Å². The van der Waals surface area contributed by atoms with Crippen molar-refractivity contribution in [1.82, 2.24) is 9.13 Å². The molecule has 0 amide bonds. The summed E-state index contributed by atoms with van der Waals surface area (Å²) in [5, 5.41) is 0. The van der Waals surface area contributed by atoms with Crippen LogP contribution in [0.5, 0.6) is 0 Å². The Kier molecular flexibility index (Phi) is 12.6. The number of unbranched alkanes of at least 4 members (excludes halogenated alkanes) is 3. The predicted octanol–water partition coefficient (Wildman–Crippen LogP) is -4.84. The Labute approximate surface area is 156 Å².